The number of benzene rings is 3. The van der Waals surface area contributed by atoms with Crippen molar-refractivity contribution in [3.8, 4) is 28.4 Å². The zero-order valence-corrected chi connectivity index (χ0v) is 26.3. The number of carbonyl (C=O) groups excluding carboxylic acids is 3. The first-order chi connectivity index (χ1) is 23.3. The van der Waals surface area contributed by atoms with Gasteiger partial charge in [-0.15, -0.1) is 0 Å². The van der Waals surface area contributed by atoms with E-state index in [1.807, 2.05) is 6.07 Å². The average molecular weight is 661 g/mol. The van der Waals surface area contributed by atoms with Crippen LogP contribution in [-0.4, -0.2) is 79.2 Å². The van der Waals surface area contributed by atoms with Crippen molar-refractivity contribution in [3.05, 3.63) is 94.9 Å². The first kappa shape index (κ1) is 32.5. The Morgan fingerprint density at radius 3 is 2.56 bits per heavy atom. The van der Waals surface area contributed by atoms with E-state index < -0.39 is 17.5 Å². The first-order valence-electron chi connectivity index (χ1n) is 15.7. The monoisotopic (exact) mass is 660 g/mol. The van der Waals surface area contributed by atoms with Crippen molar-refractivity contribution in [1.82, 2.24) is 20.3 Å². The number of nitrogens with zero attached hydrogens (tertiary/aromatic N) is 3. The van der Waals surface area contributed by atoms with Gasteiger partial charge in [0, 0.05) is 48.9 Å². The van der Waals surface area contributed by atoms with Crippen molar-refractivity contribution < 1.29 is 41.9 Å². The molecule has 48 heavy (non-hydrogen) atoms. The lowest BCUT2D eigenvalue weighted by molar-refractivity contribution is 0.0703. The predicted molar refractivity (Wildman–Crippen MR) is 169 cm³/mol. The van der Waals surface area contributed by atoms with Gasteiger partial charge in [-0.1, -0.05) is 11.2 Å². The molecule has 0 radical (unpaired) electrons. The Bertz CT molecular complexity index is 1810. The largest absolute Gasteiger partial charge is 0.496 e. The maximum absolute atomic E-state index is 14.6. The SMILES string of the molecule is COc1ccc2cc1-c1cc3c(c(c1)OCCCCN(C(=O)c1ccno1)CCCNC2=O)OCCN(C(=O)c1cccc(F)c1F)C3. The molecular formula is C35H34F2N4O7. The zero-order valence-electron chi connectivity index (χ0n) is 26.3. The maximum atomic E-state index is 14.6. The van der Waals surface area contributed by atoms with E-state index in [4.69, 9.17) is 18.7 Å². The summed E-state index contributed by atoms with van der Waals surface area (Å²) in [5.41, 5.74) is 1.82. The zero-order chi connectivity index (χ0) is 33.6. The van der Waals surface area contributed by atoms with Gasteiger partial charge in [0.05, 0.1) is 32.0 Å². The molecule has 1 aromatic heterocycles. The van der Waals surface area contributed by atoms with Crippen LogP contribution in [-0.2, 0) is 6.54 Å². The van der Waals surface area contributed by atoms with Crippen molar-refractivity contribution in [2.75, 3.05) is 46.5 Å². The molecule has 11 nitrogen and oxygen atoms in total. The number of amides is 3. The topological polar surface area (TPSA) is 123 Å². The van der Waals surface area contributed by atoms with Gasteiger partial charge in [0.2, 0.25) is 5.76 Å². The normalized spacial score (nSPS) is 15.6. The van der Waals surface area contributed by atoms with Gasteiger partial charge in [0.15, 0.2) is 23.1 Å². The summed E-state index contributed by atoms with van der Waals surface area (Å²) in [6.45, 7) is 1.67. The predicted octanol–water partition coefficient (Wildman–Crippen LogP) is 5.10. The Morgan fingerprint density at radius 2 is 1.75 bits per heavy atom. The Kier molecular flexibility index (Phi) is 9.83. The fourth-order valence-electron chi connectivity index (χ4n) is 5.79. The lowest BCUT2D eigenvalue weighted by atomic mass is 9.98. The molecule has 0 atom stereocenters. The summed E-state index contributed by atoms with van der Waals surface area (Å²) in [6.07, 6.45) is 3.14. The summed E-state index contributed by atoms with van der Waals surface area (Å²) in [6, 6.07) is 13.7. The lowest BCUT2D eigenvalue weighted by Gasteiger charge is -2.22. The fourth-order valence-corrected chi connectivity index (χ4v) is 5.79. The van der Waals surface area contributed by atoms with Crippen LogP contribution in [0.4, 0.5) is 8.78 Å². The molecule has 6 rings (SSSR count). The van der Waals surface area contributed by atoms with Crippen molar-refractivity contribution in [3.63, 3.8) is 0 Å². The third kappa shape index (κ3) is 6.94. The van der Waals surface area contributed by atoms with Gasteiger partial charge in [-0.05, 0) is 67.3 Å². The molecule has 0 spiro atoms. The number of aromatic nitrogens is 1. The second-order valence-electron chi connectivity index (χ2n) is 11.4. The third-order valence-corrected chi connectivity index (χ3v) is 8.25. The van der Waals surface area contributed by atoms with Gasteiger partial charge in [0.25, 0.3) is 17.7 Å². The van der Waals surface area contributed by atoms with Crippen LogP contribution >= 0.6 is 0 Å². The number of hydrogen-bond donors (Lipinski definition) is 1. The maximum Gasteiger partial charge on any atom is 0.292 e. The van der Waals surface area contributed by atoms with E-state index in [0.29, 0.717) is 78.4 Å². The quantitative estimate of drug-likeness (QED) is 0.322. The highest BCUT2D eigenvalue weighted by Gasteiger charge is 2.28. The lowest BCUT2D eigenvalue weighted by Crippen LogP contribution is -2.35. The molecule has 250 valence electrons. The Labute approximate surface area is 275 Å². The minimum absolute atomic E-state index is 0.0233. The minimum atomic E-state index is -1.21. The van der Waals surface area contributed by atoms with E-state index in [-0.39, 0.29) is 49.4 Å². The molecule has 13 heteroatoms. The van der Waals surface area contributed by atoms with Crippen molar-refractivity contribution in [1.29, 1.82) is 0 Å². The van der Waals surface area contributed by atoms with Crippen LogP contribution in [0.2, 0.25) is 0 Å². The molecule has 2 aliphatic rings. The van der Waals surface area contributed by atoms with Gasteiger partial charge in [-0.3, -0.25) is 14.4 Å². The van der Waals surface area contributed by atoms with E-state index in [2.05, 4.69) is 10.5 Å². The number of carbonyl (C=O) groups is 3. The van der Waals surface area contributed by atoms with Crippen LogP contribution in [0.15, 0.2) is 65.3 Å². The van der Waals surface area contributed by atoms with Crippen LogP contribution in [0, 0.1) is 11.6 Å². The van der Waals surface area contributed by atoms with E-state index in [1.54, 1.807) is 29.2 Å². The van der Waals surface area contributed by atoms with Crippen molar-refractivity contribution >= 4 is 17.7 Å². The number of ether oxygens (including phenoxy) is 3. The molecule has 3 heterocycles. The molecule has 1 N–H and O–H groups in total. The third-order valence-electron chi connectivity index (χ3n) is 8.25. The number of fused-ring (bicyclic) bond motifs is 7. The average Bonchev–Trinajstić information content (AvgIpc) is 3.55. The van der Waals surface area contributed by atoms with E-state index >= 15 is 0 Å². The second kappa shape index (κ2) is 14.5. The number of hydrogen-bond acceptors (Lipinski definition) is 8. The minimum Gasteiger partial charge on any atom is -0.496 e. The van der Waals surface area contributed by atoms with Crippen LogP contribution in [0.3, 0.4) is 0 Å². The molecule has 0 saturated carbocycles. The molecule has 0 saturated heterocycles. The van der Waals surface area contributed by atoms with Crippen LogP contribution in [0.5, 0.6) is 17.2 Å². The standard InChI is InChI=1S/C35H34F2N4O7/c1-45-28-9-8-22-19-26(28)23-18-24-21-41(34(43)25-6-4-7-27(36)31(25)37)15-17-47-32(24)30(20-23)46-16-3-2-13-40(14-5-11-38-33(22)42)35(44)29-10-12-39-48-29/h4,6-10,12,18-20H,2-3,5,11,13-17,21H2,1H3,(H,38,42). The van der Waals surface area contributed by atoms with Crippen LogP contribution < -0.4 is 19.5 Å². The smallest absolute Gasteiger partial charge is 0.292 e. The summed E-state index contributed by atoms with van der Waals surface area (Å²) in [5.74, 6) is -2.13. The molecule has 0 aliphatic carbocycles. The van der Waals surface area contributed by atoms with Crippen molar-refractivity contribution in [2.45, 2.75) is 25.8 Å². The van der Waals surface area contributed by atoms with Crippen LogP contribution in [0.25, 0.3) is 11.1 Å². The second-order valence-corrected chi connectivity index (χ2v) is 11.4. The molecule has 3 aromatic carbocycles. The molecule has 2 aliphatic heterocycles. The molecule has 3 amide bonds. The number of methoxy groups -OCH3 is 1. The molecule has 4 bridgehead atoms. The highest BCUT2D eigenvalue weighted by atomic mass is 19.2. The highest BCUT2D eigenvalue weighted by molar-refractivity contribution is 5.96. The summed E-state index contributed by atoms with van der Waals surface area (Å²) < 4.78 is 51.8. The summed E-state index contributed by atoms with van der Waals surface area (Å²) in [5, 5.41) is 6.57. The summed E-state index contributed by atoms with van der Waals surface area (Å²) >= 11 is 0. The molecular weight excluding hydrogens is 626 g/mol. The number of halogens is 2. The first-order valence-corrected chi connectivity index (χ1v) is 15.7. The molecule has 0 unspecified atom stereocenters. The molecule has 4 aromatic rings. The van der Waals surface area contributed by atoms with Gasteiger partial charge < -0.3 is 33.9 Å². The van der Waals surface area contributed by atoms with Gasteiger partial charge in [0.1, 0.15) is 12.4 Å². The van der Waals surface area contributed by atoms with Crippen molar-refractivity contribution in [2.24, 2.45) is 0 Å². The van der Waals surface area contributed by atoms with E-state index in [9.17, 15) is 23.2 Å². The Morgan fingerprint density at radius 1 is 0.896 bits per heavy atom. The van der Waals surface area contributed by atoms with Gasteiger partial charge in [-0.25, -0.2) is 8.78 Å². The Balaban J connectivity index is 1.35. The number of nitrogens with one attached hydrogen (secondary N) is 1. The summed E-state index contributed by atoms with van der Waals surface area (Å²) in [4.78, 5) is 42.8. The molecule has 0 fully saturated rings. The van der Waals surface area contributed by atoms with Gasteiger partial charge >= 0.3 is 0 Å². The summed E-state index contributed by atoms with van der Waals surface area (Å²) in [7, 11) is 1.53. The number of rotatable bonds is 3. The van der Waals surface area contributed by atoms with Crippen LogP contribution in [0.1, 0.15) is 56.1 Å². The fraction of sp³-hybridized carbons (Fsp3) is 0.314. The van der Waals surface area contributed by atoms with E-state index in [0.717, 1.165) is 6.07 Å². The Hall–Kier alpha value is -5.46. The highest BCUT2D eigenvalue weighted by Crippen LogP contribution is 2.41. The van der Waals surface area contributed by atoms with E-state index in [1.165, 1.54) is 36.4 Å². The van der Waals surface area contributed by atoms with Gasteiger partial charge in [-0.2, -0.15) is 0 Å².